The van der Waals surface area contributed by atoms with E-state index in [2.05, 4.69) is 15.6 Å². The molecule has 0 amide bonds. The predicted octanol–water partition coefficient (Wildman–Crippen LogP) is 3.25. The van der Waals surface area contributed by atoms with Gasteiger partial charge in [0.15, 0.2) is 5.96 Å². The summed E-state index contributed by atoms with van der Waals surface area (Å²) in [7, 11) is 1.80. The number of aliphatic imine (C=N–C) groups is 1. The molecule has 0 aromatic heterocycles. The molecule has 1 fully saturated rings. The Morgan fingerprint density at radius 3 is 2.77 bits per heavy atom. The molecule has 0 bridgehead atoms. The summed E-state index contributed by atoms with van der Waals surface area (Å²) in [6, 6.07) is 7.92. The highest BCUT2D eigenvalue weighted by Gasteiger charge is 2.15. The van der Waals surface area contributed by atoms with Gasteiger partial charge >= 0.3 is 0 Å². The number of guanidine groups is 1. The van der Waals surface area contributed by atoms with Crippen molar-refractivity contribution in [3.63, 3.8) is 0 Å². The first-order valence-electron chi connectivity index (χ1n) is 7.18. The Labute approximate surface area is 158 Å². The van der Waals surface area contributed by atoms with Crippen LogP contribution in [-0.2, 0) is 4.74 Å². The van der Waals surface area contributed by atoms with Gasteiger partial charge in [0.05, 0.1) is 6.61 Å². The van der Waals surface area contributed by atoms with E-state index in [9.17, 15) is 0 Å². The molecule has 1 heterocycles. The summed E-state index contributed by atoms with van der Waals surface area (Å²) in [6.45, 7) is 3.53. The first kappa shape index (κ1) is 19.9. The van der Waals surface area contributed by atoms with Crippen molar-refractivity contribution in [3.05, 3.63) is 29.3 Å². The zero-order valence-corrected chi connectivity index (χ0v) is 16.6. The summed E-state index contributed by atoms with van der Waals surface area (Å²) < 4.78 is 5.37. The van der Waals surface area contributed by atoms with E-state index in [0.717, 1.165) is 49.5 Å². The highest BCUT2D eigenvalue weighted by molar-refractivity contribution is 14.0. The fourth-order valence-electron chi connectivity index (χ4n) is 2.08. The van der Waals surface area contributed by atoms with Crippen LogP contribution in [0.3, 0.4) is 0 Å². The average molecular weight is 456 g/mol. The van der Waals surface area contributed by atoms with Crippen LogP contribution in [0.25, 0.3) is 0 Å². The molecule has 1 aromatic rings. The van der Waals surface area contributed by atoms with Gasteiger partial charge in [-0.15, -0.1) is 35.7 Å². The molecule has 2 rings (SSSR count). The first-order valence-corrected chi connectivity index (χ1v) is 8.55. The molecule has 4 nitrogen and oxygen atoms in total. The van der Waals surface area contributed by atoms with Crippen LogP contribution in [0.1, 0.15) is 6.42 Å². The Hall–Kier alpha value is -0.180. The third-order valence-corrected chi connectivity index (χ3v) is 4.55. The van der Waals surface area contributed by atoms with Gasteiger partial charge in [0.1, 0.15) is 0 Å². The van der Waals surface area contributed by atoms with Crippen molar-refractivity contribution in [2.75, 3.05) is 39.1 Å². The van der Waals surface area contributed by atoms with Crippen LogP contribution in [0, 0.1) is 5.92 Å². The van der Waals surface area contributed by atoms with Crippen molar-refractivity contribution in [1.29, 1.82) is 0 Å². The van der Waals surface area contributed by atoms with Gasteiger partial charge in [-0.05, 0) is 30.7 Å². The third kappa shape index (κ3) is 7.39. The Balaban J connectivity index is 0.00000242. The molecule has 0 aliphatic carbocycles. The monoisotopic (exact) mass is 455 g/mol. The van der Waals surface area contributed by atoms with E-state index in [1.165, 1.54) is 4.90 Å². The third-order valence-electron chi connectivity index (χ3n) is 3.28. The molecule has 1 saturated heterocycles. The summed E-state index contributed by atoms with van der Waals surface area (Å²) in [5, 5.41) is 7.45. The van der Waals surface area contributed by atoms with Crippen LogP contribution in [0.15, 0.2) is 34.2 Å². The molecule has 1 aliphatic rings. The Bertz CT molecular complexity index is 453. The molecule has 0 saturated carbocycles. The molecule has 0 spiro atoms. The number of benzene rings is 1. The predicted molar refractivity (Wildman–Crippen MR) is 106 cm³/mol. The highest BCUT2D eigenvalue weighted by atomic mass is 127. The molecule has 22 heavy (non-hydrogen) atoms. The van der Waals surface area contributed by atoms with E-state index >= 15 is 0 Å². The number of halogens is 2. The second-order valence-corrected chi connectivity index (χ2v) is 6.52. The SMILES string of the molecule is CN=C(NCCSc1ccc(Cl)cc1)NCC1CCOC1.I. The number of hydrogen-bond acceptors (Lipinski definition) is 3. The lowest BCUT2D eigenvalue weighted by atomic mass is 10.1. The number of nitrogens with one attached hydrogen (secondary N) is 2. The van der Waals surface area contributed by atoms with Crippen molar-refractivity contribution < 1.29 is 4.74 Å². The van der Waals surface area contributed by atoms with Gasteiger partial charge in [0.2, 0.25) is 0 Å². The Morgan fingerprint density at radius 1 is 1.36 bits per heavy atom. The maximum Gasteiger partial charge on any atom is 0.191 e. The minimum absolute atomic E-state index is 0. The van der Waals surface area contributed by atoms with Crippen LogP contribution in [0.2, 0.25) is 5.02 Å². The maximum absolute atomic E-state index is 5.87. The van der Waals surface area contributed by atoms with E-state index in [4.69, 9.17) is 16.3 Å². The average Bonchev–Trinajstić information content (AvgIpc) is 3.02. The van der Waals surface area contributed by atoms with Gasteiger partial charge in [-0.25, -0.2) is 0 Å². The quantitative estimate of drug-likeness (QED) is 0.227. The number of thioether (sulfide) groups is 1. The molecule has 1 aromatic carbocycles. The van der Waals surface area contributed by atoms with Crippen LogP contribution in [0.4, 0.5) is 0 Å². The van der Waals surface area contributed by atoms with E-state index in [-0.39, 0.29) is 24.0 Å². The van der Waals surface area contributed by atoms with E-state index in [1.807, 2.05) is 24.3 Å². The highest BCUT2D eigenvalue weighted by Crippen LogP contribution is 2.19. The molecule has 1 atom stereocenters. The van der Waals surface area contributed by atoms with Crippen LogP contribution in [0.5, 0.6) is 0 Å². The van der Waals surface area contributed by atoms with Gasteiger partial charge in [-0.3, -0.25) is 4.99 Å². The minimum Gasteiger partial charge on any atom is -0.381 e. The molecule has 0 radical (unpaired) electrons. The maximum atomic E-state index is 5.87. The molecule has 7 heteroatoms. The Morgan fingerprint density at radius 2 is 2.14 bits per heavy atom. The van der Waals surface area contributed by atoms with E-state index in [0.29, 0.717) is 5.92 Å². The van der Waals surface area contributed by atoms with Crippen molar-refractivity contribution in [1.82, 2.24) is 10.6 Å². The fraction of sp³-hybridized carbons (Fsp3) is 0.533. The lowest BCUT2D eigenvalue weighted by Gasteiger charge is -2.14. The largest absolute Gasteiger partial charge is 0.381 e. The number of rotatable bonds is 6. The number of ether oxygens (including phenoxy) is 1. The van der Waals surface area contributed by atoms with Crippen molar-refractivity contribution in [3.8, 4) is 0 Å². The van der Waals surface area contributed by atoms with Crippen LogP contribution in [-0.4, -0.2) is 45.1 Å². The van der Waals surface area contributed by atoms with Crippen molar-refractivity contribution in [2.24, 2.45) is 10.9 Å². The zero-order valence-electron chi connectivity index (χ0n) is 12.7. The van der Waals surface area contributed by atoms with E-state index in [1.54, 1.807) is 18.8 Å². The topological polar surface area (TPSA) is 45.7 Å². The summed E-state index contributed by atoms with van der Waals surface area (Å²) >= 11 is 7.67. The van der Waals surface area contributed by atoms with E-state index < -0.39 is 0 Å². The summed E-state index contributed by atoms with van der Waals surface area (Å²) in [5.74, 6) is 2.44. The van der Waals surface area contributed by atoms with Gasteiger partial charge in [-0.2, -0.15) is 0 Å². The number of hydrogen-bond donors (Lipinski definition) is 2. The summed E-state index contributed by atoms with van der Waals surface area (Å²) in [6.07, 6.45) is 1.14. The van der Waals surface area contributed by atoms with Crippen molar-refractivity contribution >= 4 is 53.3 Å². The van der Waals surface area contributed by atoms with Gasteiger partial charge in [0.25, 0.3) is 0 Å². The van der Waals surface area contributed by atoms with Crippen LogP contribution < -0.4 is 10.6 Å². The lowest BCUT2D eigenvalue weighted by Crippen LogP contribution is -2.40. The lowest BCUT2D eigenvalue weighted by molar-refractivity contribution is 0.186. The first-order chi connectivity index (χ1) is 10.3. The summed E-state index contributed by atoms with van der Waals surface area (Å²) in [4.78, 5) is 5.46. The minimum atomic E-state index is 0. The molecule has 124 valence electrons. The van der Waals surface area contributed by atoms with Crippen LogP contribution >= 0.6 is 47.3 Å². The van der Waals surface area contributed by atoms with Gasteiger partial charge < -0.3 is 15.4 Å². The molecular formula is C15H23ClIN3OS. The molecule has 1 aliphatic heterocycles. The zero-order chi connectivity index (χ0) is 14.9. The van der Waals surface area contributed by atoms with Crippen molar-refractivity contribution in [2.45, 2.75) is 11.3 Å². The molecule has 2 N–H and O–H groups in total. The second-order valence-electron chi connectivity index (χ2n) is 4.91. The number of nitrogens with zero attached hydrogens (tertiary/aromatic N) is 1. The standard InChI is InChI=1S/C15H22ClN3OS.HI/c1-17-15(19-10-12-6-8-20-11-12)18-7-9-21-14-4-2-13(16)3-5-14;/h2-5,12H,6-11H2,1H3,(H2,17,18,19);1H. The second kappa shape index (κ2) is 11.4. The molecular weight excluding hydrogens is 433 g/mol. The molecule has 1 unspecified atom stereocenters. The van der Waals surface area contributed by atoms with Gasteiger partial charge in [-0.1, -0.05) is 11.6 Å². The smallest absolute Gasteiger partial charge is 0.191 e. The normalized spacial score (nSPS) is 17.9. The van der Waals surface area contributed by atoms with Gasteiger partial charge in [0, 0.05) is 48.3 Å². The summed E-state index contributed by atoms with van der Waals surface area (Å²) in [5.41, 5.74) is 0. The Kier molecular flexibility index (Phi) is 10.3. The fourth-order valence-corrected chi connectivity index (χ4v) is 2.97.